The van der Waals surface area contributed by atoms with Gasteiger partial charge in [-0.05, 0) is 25.2 Å². The highest BCUT2D eigenvalue weighted by atomic mass is 19.4. The van der Waals surface area contributed by atoms with E-state index in [-0.39, 0.29) is 31.1 Å². The summed E-state index contributed by atoms with van der Waals surface area (Å²) in [6.45, 7) is 1.84. The number of alkyl halides is 3. The predicted octanol–water partition coefficient (Wildman–Crippen LogP) is 2.78. The van der Waals surface area contributed by atoms with Crippen molar-refractivity contribution in [1.29, 1.82) is 0 Å². The lowest BCUT2D eigenvalue weighted by molar-refractivity contribution is -0.226. The number of H-pyrrole nitrogens is 1. The van der Waals surface area contributed by atoms with Crippen LogP contribution >= 0.6 is 0 Å². The molecule has 1 aliphatic heterocycles. The molecular formula is C14H18F3N3O. The molecule has 1 aliphatic carbocycles. The van der Waals surface area contributed by atoms with E-state index in [0.717, 1.165) is 0 Å². The number of rotatable bonds is 2. The average Bonchev–Trinajstić information content (AvgIpc) is 3.09. The Morgan fingerprint density at radius 1 is 1.57 bits per heavy atom. The summed E-state index contributed by atoms with van der Waals surface area (Å²) in [5.41, 5.74) is -0.765. The molecule has 0 aromatic carbocycles. The first-order valence-electron chi connectivity index (χ1n) is 7.27. The van der Waals surface area contributed by atoms with Crippen molar-refractivity contribution in [2.24, 2.45) is 11.3 Å². The minimum Gasteiger partial charge on any atom is -0.348 e. The molecule has 1 aromatic rings. The zero-order chi connectivity index (χ0) is 15.3. The summed E-state index contributed by atoms with van der Waals surface area (Å²) in [6, 6.07) is 0. The Hall–Kier alpha value is -1.53. The molecule has 116 valence electrons. The second-order valence-electron chi connectivity index (χ2n) is 6.01. The van der Waals surface area contributed by atoms with Gasteiger partial charge in [0.2, 0.25) is 0 Å². The number of halogens is 3. The predicted molar refractivity (Wildman–Crippen MR) is 69.7 cm³/mol. The second-order valence-corrected chi connectivity index (χ2v) is 6.01. The normalized spacial score (nSPS) is 29.0. The van der Waals surface area contributed by atoms with Crippen molar-refractivity contribution >= 4 is 5.91 Å². The summed E-state index contributed by atoms with van der Waals surface area (Å²) >= 11 is 0. The highest BCUT2D eigenvalue weighted by Gasteiger charge is 2.65. The number of fused-ring (bicyclic) bond motifs is 1. The maximum atomic E-state index is 13.5. The first-order chi connectivity index (χ1) is 9.89. The van der Waals surface area contributed by atoms with Crippen LogP contribution in [0.3, 0.4) is 0 Å². The van der Waals surface area contributed by atoms with Crippen molar-refractivity contribution < 1.29 is 18.0 Å². The van der Waals surface area contributed by atoms with Gasteiger partial charge < -0.3 is 9.88 Å². The lowest BCUT2D eigenvalue weighted by Crippen LogP contribution is -2.42. The minimum atomic E-state index is -4.25. The number of carbonyl (C=O) groups is 1. The fourth-order valence-electron chi connectivity index (χ4n) is 3.83. The molecule has 0 bridgehead atoms. The maximum absolute atomic E-state index is 13.5. The molecule has 0 unspecified atom stereocenters. The van der Waals surface area contributed by atoms with Gasteiger partial charge in [-0.1, -0.05) is 13.3 Å². The molecule has 0 radical (unpaired) electrons. The Morgan fingerprint density at radius 2 is 2.33 bits per heavy atom. The van der Waals surface area contributed by atoms with Crippen LogP contribution < -0.4 is 0 Å². The van der Waals surface area contributed by atoms with Gasteiger partial charge in [0.05, 0.1) is 11.7 Å². The topological polar surface area (TPSA) is 49.0 Å². The SMILES string of the molecule is CCc1[nH]cnc1C(=O)N1C[C@@H]2CCC[C@]2(C(F)(F)F)C1. The number of hydrogen-bond donors (Lipinski definition) is 1. The summed E-state index contributed by atoms with van der Waals surface area (Å²) in [5, 5.41) is 0. The van der Waals surface area contributed by atoms with E-state index in [1.807, 2.05) is 6.92 Å². The molecular weight excluding hydrogens is 283 g/mol. The number of carbonyl (C=O) groups excluding carboxylic acids is 1. The van der Waals surface area contributed by atoms with Crippen molar-refractivity contribution in [3.63, 3.8) is 0 Å². The zero-order valence-corrected chi connectivity index (χ0v) is 11.8. The van der Waals surface area contributed by atoms with E-state index < -0.39 is 17.5 Å². The lowest BCUT2D eigenvalue weighted by atomic mass is 9.80. The molecule has 4 nitrogen and oxygen atoms in total. The maximum Gasteiger partial charge on any atom is 0.396 e. The highest BCUT2D eigenvalue weighted by Crippen LogP contribution is 2.57. The number of aromatic nitrogens is 2. The number of amides is 1. The van der Waals surface area contributed by atoms with Crippen LogP contribution in [-0.4, -0.2) is 40.0 Å². The van der Waals surface area contributed by atoms with Crippen LogP contribution in [0.4, 0.5) is 13.2 Å². The van der Waals surface area contributed by atoms with E-state index in [2.05, 4.69) is 9.97 Å². The lowest BCUT2D eigenvalue weighted by Gasteiger charge is -2.31. The number of aryl methyl sites for hydroxylation is 1. The third-order valence-electron chi connectivity index (χ3n) is 5.00. The van der Waals surface area contributed by atoms with Gasteiger partial charge in [0.1, 0.15) is 5.69 Å². The summed E-state index contributed by atoms with van der Waals surface area (Å²) < 4.78 is 40.4. The van der Waals surface area contributed by atoms with E-state index in [1.54, 1.807) is 0 Å². The molecule has 0 spiro atoms. The van der Waals surface area contributed by atoms with Crippen LogP contribution in [0, 0.1) is 11.3 Å². The number of nitrogens with one attached hydrogen (secondary N) is 1. The fourth-order valence-corrected chi connectivity index (χ4v) is 3.83. The van der Waals surface area contributed by atoms with Gasteiger partial charge in [-0.25, -0.2) is 4.98 Å². The summed E-state index contributed by atoms with van der Waals surface area (Å²) in [5.74, 6) is -0.850. The monoisotopic (exact) mass is 301 g/mol. The fraction of sp³-hybridized carbons (Fsp3) is 0.714. The Morgan fingerprint density at radius 3 is 2.95 bits per heavy atom. The van der Waals surface area contributed by atoms with Gasteiger partial charge in [0.25, 0.3) is 5.91 Å². The average molecular weight is 301 g/mol. The van der Waals surface area contributed by atoms with Crippen LogP contribution in [0.2, 0.25) is 0 Å². The molecule has 2 aliphatic rings. The van der Waals surface area contributed by atoms with E-state index in [9.17, 15) is 18.0 Å². The second kappa shape index (κ2) is 4.74. The molecule has 1 saturated carbocycles. The van der Waals surface area contributed by atoms with Gasteiger partial charge >= 0.3 is 6.18 Å². The number of aromatic amines is 1. The standard InChI is InChI=1S/C14H18F3N3O/c1-2-10-11(19-8-18-10)12(21)20-6-9-4-3-5-13(9,7-20)14(15,16)17/h8-9H,2-7H2,1H3,(H,18,19)/t9-,13-/m0/s1. The molecule has 1 saturated heterocycles. The first kappa shape index (κ1) is 14.4. The number of imidazole rings is 1. The number of likely N-dealkylation sites (tertiary alicyclic amines) is 1. The molecule has 2 heterocycles. The Kier molecular flexibility index (Phi) is 3.26. The minimum absolute atomic E-state index is 0.131. The zero-order valence-electron chi connectivity index (χ0n) is 11.8. The van der Waals surface area contributed by atoms with E-state index in [0.29, 0.717) is 25.0 Å². The van der Waals surface area contributed by atoms with E-state index in [4.69, 9.17) is 0 Å². The van der Waals surface area contributed by atoms with E-state index >= 15 is 0 Å². The van der Waals surface area contributed by atoms with Crippen LogP contribution in [0.5, 0.6) is 0 Å². The third kappa shape index (κ3) is 2.05. The van der Waals surface area contributed by atoms with Crippen molar-refractivity contribution in [3.8, 4) is 0 Å². The quantitative estimate of drug-likeness (QED) is 0.913. The molecule has 2 fully saturated rings. The molecule has 1 aromatic heterocycles. The number of nitrogens with zero attached hydrogens (tertiary/aromatic N) is 2. The van der Waals surface area contributed by atoms with Crippen LogP contribution in [0.15, 0.2) is 6.33 Å². The van der Waals surface area contributed by atoms with Crippen LogP contribution in [0.25, 0.3) is 0 Å². The van der Waals surface area contributed by atoms with Gasteiger partial charge in [-0.15, -0.1) is 0 Å². The third-order valence-corrected chi connectivity index (χ3v) is 5.00. The highest BCUT2D eigenvalue weighted by molar-refractivity contribution is 5.93. The molecule has 7 heteroatoms. The molecule has 1 amide bonds. The van der Waals surface area contributed by atoms with Crippen molar-refractivity contribution in [1.82, 2.24) is 14.9 Å². The summed E-state index contributed by atoms with van der Waals surface area (Å²) in [6.07, 6.45) is -0.959. The van der Waals surface area contributed by atoms with Crippen LogP contribution in [-0.2, 0) is 6.42 Å². The smallest absolute Gasteiger partial charge is 0.348 e. The molecule has 2 atom stereocenters. The summed E-state index contributed by atoms with van der Waals surface area (Å²) in [7, 11) is 0. The Bertz CT molecular complexity index is 554. The van der Waals surface area contributed by atoms with Crippen LogP contribution in [0.1, 0.15) is 42.4 Å². The molecule has 1 N–H and O–H groups in total. The first-order valence-corrected chi connectivity index (χ1v) is 7.27. The van der Waals surface area contributed by atoms with Gasteiger partial charge in [-0.3, -0.25) is 4.79 Å². The molecule has 21 heavy (non-hydrogen) atoms. The Balaban J connectivity index is 1.85. The Labute approximate surface area is 120 Å². The number of hydrogen-bond acceptors (Lipinski definition) is 2. The van der Waals surface area contributed by atoms with Crippen molar-refractivity contribution in [3.05, 3.63) is 17.7 Å². The van der Waals surface area contributed by atoms with Gasteiger partial charge in [0, 0.05) is 18.8 Å². The molecule has 3 rings (SSSR count). The van der Waals surface area contributed by atoms with E-state index in [1.165, 1.54) is 11.2 Å². The van der Waals surface area contributed by atoms with Gasteiger partial charge in [0.15, 0.2) is 0 Å². The van der Waals surface area contributed by atoms with Crippen molar-refractivity contribution in [2.45, 2.75) is 38.8 Å². The van der Waals surface area contributed by atoms with Gasteiger partial charge in [-0.2, -0.15) is 13.2 Å². The largest absolute Gasteiger partial charge is 0.396 e. The summed E-state index contributed by atoms with van der Waals surface area (Å²) in [4.78, 5) is 20.7. The van der Waals surface area contributed by atoms with Crippen molar-refractivity contribution in [2.75, 3.05) is 13.1 Å².